The monoisotopic (exact) mass is 362 g/mol. The fraction of sp³-hybridized carbons (Fsp3) is 0.286. The SMILES string of the molecule is Cc1ccccc1C(=O)NC1CCN(C(=O)c2cccc3cn[nH]c23)CC1. The van der Waals surface area contributed by atoms with Crippen LogP contribution in [0.5, 0.6) is 0 Å². The molecule has 0 radical (unpaired) electrons. The number of aromatic nitrogens is 2. The number of para-hydroxylation sites is 1. The Balaban J connectivity index is 1.39. The lowest BCUT2D eigenvalue weighted by atomic mass is 10.0. The standard InChI is InChI=1S/C21H22N4O2/c1-14-5-2-3-7-17(14)20(26)23-16-9-11-25(12-10-16)21(27)18-8-4-6-15-13-22-24-19(15)18/h2-8,13,16H,9-12H2,1H3,(H,22,24)(H,23,26). The summed E-state index contributed by atoms with van der Waals surface area (Å²) >= 11 is 0. The minimum Gasteiger partial charge on any atom is -0.349 e. The van der Waals surface area contributed by atoms with E-state index in [-0.39, 0.29) is 17.9 Å². The average Bonchev–Trinajstić information content (AvgIpc) is 3.17. The van der Waals surface area contributed by atoms with Crippen LogP contribution in [0.25, 0.3) is 10.9 Å². The number of nitrogens with one attached hydrogen (secondary N) is 2. The van der Waals surface area contributed by atoms with Gasteiger partial charge in [0.1, 0.15) is 0 Å². The van der Waals surface area contributed by atoms with Gasteiger partial charge in [-0.15, -0.1) is 0 Å². The molecule has 2 N–H and O–H groups in total. The molecule has 6 heteroatoms. The summed E-state index contributed by atoms with van der Waals surface area (Å²) in [6, 6.07) is 13.3. The molecule has 0 unspecified atom stereocenters. The van der Waals surface area contributed by atoms with Crippen molar-refractivity contribution in [1.29, 1.82) is 0 Å². The van der Waals surface area contributed by atoms with Gasteiger partial charge in [0.25, 0.3) is 11.8 Å². The van der Waals surface area contributed by atoms with Crippen molar-refractivity contribution < 1.29 is 9.59 Å². The lowest BCUT2D eigenvalue weighted by molar-refractivity contribution is 0.0700. The van der Waals surface area contributed by atoms with Crippen LogP contribution in [0.3, 0.4) is 0 Å². The van der Waals surface area contributed by atoms with E-state index in [2.05, 4.69) is 15.5 Å². The van der Waals surface area contributed by atoms with E-state index >= 15 is 0 Å². The second-order valence-corrected chi connectivity index (χ2v) is 6.99. The molecular formula is C21H22N4O2. The minimum absolute atomic E-state index is 0.00790. The zero-order valence-corrected chi connectivity index (χ0v) is 15.2. The Kier molecular flexibility index (Phi) is 4.62. The lowest BCUT2D eigenvalue weighted by Crippen LogP contribution is -2.46. The van der Waals surface area contributed by atoms with Crippen molar-refractivity contribution in [1.82, 2.24) is 20.4 Å². The Morgan fingerprint density at radius 2 is 1.81 bits per heavy atom. The second kappa shape index (κ2) is 7.23. The highest BCUT2D eigenvalue weighted by Crippen LogP contribution is 2.20. The maximum atomic E-state index is 12.9. The minimum atomic E-state index is -0.0416. The van der Waals surface area contributed by atoms with Crippen LogP contribution in [0.15, 0.2) is 48.7 Å². The van der Waals surface area contributed by atoms with Crippen molar-refractivity contribution in [2.45, 2.75) is 25.8 Å². The maximum absolute atomic E-state index is 12.9. The number of piperidine rings is 1. The molecule has 138 valence electrons. The van der Waals surface area contributed by atoms with Crippen LogP contribution in [0.1, 0.15) is 39.1 Å². The molecular weight excluding hydrogens is 340 g/mol. The first-order valence-electron chi connectivity index (χ1n) is 9.21. The first kappa shape index (κ1) is 17.3. The molecule has 2 heterocycles. The number of fused-ring (bicyclic) bond motifs is 1. The highest BCUT2D eigenvalue weighted by molar-refractivity contribution is 6.05. The fourth-order valence-corrected chi connectivity index (χ4v) is 3.64. The Bertz CT molecular complexity index is 987. The van der Waals surface area contributed by atoms with Crippen molar-refractivity contribution in [2.24, 2.45) is 0 Å². The summed E-state index contributed by atoms with van der Waals surface area (Å²) in [5, 5.41) is 11.0. The molecule has 2 aromatic carbocycles. The Morgan fingerprint density at radius 1 is 1.07 bits per heavy atom. The first-order valence-corrected chi connectivity index (χ1v) is 9.21. The topological polar surface area (TPSA) is 78.1 Å². The third-order valence-corrected chi connectivity index (χ3v) is 5.21. The van der Waals surface area contributed by atoms with Crippen LogP contribution >= 0.6 is 0 Å². The molecule has 27 heavy (non-hydrogen) atoms. The van der Waals surface area contributed by atoms with E-state index in [1.165, 1.54) is 0 Å². The molecule has 2 amide bonds. The third kappa shape index (κ3) is 3.43. The quantitative estimate of drug-likeness (QED) is 0.752. The highest BCUT2D eigenvalue weighted by atomic mass is 16.2. The number of likely N-dealkylation sites (tertiary alicyclic amines) is 1. The van der Waals surface area contributed by atoms with Gasteiger partial charge in [-0.2, -0.15) is 5.10 Å². The molecule has 1 fully saturated rings. The van der Waals surface area contributed by atoms with Crippen LogP contribution in [-0.2, 0) is 0 Å². The number of hydrogen-bond acceptors (Lipinski definition) is 3. The molecule has 1 aliphatic rings. The highest BCUT2D eigenvalue weighted by Gasteiger charge is 2.26. The van der Waals surface area contributed by atoms with Gasteiger partial charge in [-0.05, 0) is 37.5 Å². The number of nitrogens with zero attached hydrogens (tertiary/aromatic N) is 2. The molecule has 1 aliphatic heterocycles. The van der Waals surface area contributed by atoms with Crippen molar-refractivity contribution in [3.63, 3.8) is 0 Å². The number of H-pyrrole nitrogens is 1. The smallest absolute Gasteiger partial charge is 0.256 e. The van der Waals surface area contributed by atoms with E-state index in [9.17, 15) is 9.59 Å². The van der Waals surface area contributed by atoms with E-state index in [0.29, 0.717) is 24.2 Å². The van der Waals surface area contributed by atoms with Gasteiger partial charge in [0.2, 0.25) is 0 Å². The van der Waals surface area contributed by atoms with Crippen molar-refractivity contribution >= 4 is 22.7 Å². The van der Waals surface area contributed by atoms with Crippen LogP contribution in [0, 0.1) is 6.92 Å². The molecule has 0 saturated carbocycles. The maximum Gasteiger partial charge on any atom is 0.256 e. The number of rotatable bonds is 3. The van der Waals surface area contributed by atoms with Crippen LogP contribution in [-0.4, -0.2) is 46.0 Å². The van der Waals surface area contributed by atoms with Crippen molar-refractivity contribution in [3.8, 4) is 0 Å². The summed E-state index contributed by atoms with van der Waals surface area (Å²) in [7, 11) is 0. The predicted octanol–water partition coefficient (Wildman–Crippen LogP) is 2.91. The van der Waals surface area contributed by atoms with Crippen LogP contribution in [0.2, 0.25) is 0 Å². The van der Waals surface area contributed by atoms with Gasteiger partial charge in [-0.25, -0.2) is 0 Å². The predicted molar refractivity (Wildman–Crippen MR) is 104 cm³/mol. The molecule has 3 aromatic rings. The third-order valence-electron chi connectivity index (χ3n) is 5.21. The summed E-state index contributed by atoms with van der Waals surface area (Å²) < 4.78 is 0. The molecule has 0 bridgehead atoms. The largest absolute Gasteiger partial charge is 0.349 e. The van der Waals surface area contributed by atoms with Gasteiger partial charge >= 0.3 is 0 Å². The Hall–Kier alpha value is -3.15. The molecule has 1 aromatic heterocycles. The average molecular weight is 362 g/mol. The first-order chi connectivity index (χ1) is 13.1. The number of hydrogen-bond donors (Lipinski definition) is 2. The van der Waals surface area contributed by atoms with Gasteiger partial charge in [-0.1, -0.05) is 30.3 Å². The zero-order chi connectivity index (χ0) is 18.8. The van der Waals surface area contributed by atoms with E-state index in [4.69, 9.17) is 0 Å². The second-order valence-electron chi connectivity index (χ2n) is 6.99. The number of carbonyl (C=O) groups excluding carboxylic acids is 2. The number of aryl methyl sites for hydroxylation is 1. The zero-order valence-electron chi connectivity index (χ0n) is 15.2. The molecule has 4 rings (SSSR count). The normalized spacial score (nSPS) is 15.1. The number of benzene rings is 2. The Labute approximate surface area is 157 Å². The van der Waals surface area contributed by atoms with Crippen molar-refractivity contribution in [3.05, 3.63) is 65.4 Å². The van der Waals surface area contributed by atoms with Crippen LogP contribution in [0.4, 0.5) is 0 Å². The van der Waals surface area contributed by atoms with E-state index < -0.39 is 0 Å². The van der Waals surface area contributed by atoms with Crippen LogP contribution < -0.4 is 5.32 Å². The van der Waals surface area contributed by atoms with Gasteiger partial charge in [-0.3, -0.25) is 14.7 Å². The molecule has 0 spiro atoms. The number of aromatic amines is 1. The number of amides is 2. The summed E-state index contributed by atoms with van der Waals surface area (Å²) in [6.07, 6.45) is 3.23. The van der Waals surface area contributed by atoms with Gasteiger partial charge in [0.15, 0.2) is 0 Å². The molecule has 6 nitrogen and oxygen atoms in total. The summed E-state index contributed by atoms with van der Waals surface area (Å²) in [5.41, 5.74) is 3.10. The number of carbonyl (C=O) groups is 2. The molecule has 1 saturated heterocycles. The van der Waals surface area contributed by atoms with E-state index in [1.807, 2.05) is 54.3 Å². The fourth-order valence-electron chi connectivity index (χ4n) is 3.64. The van der Waals surface area contributed by atoms with E-state index in [0.717, 1.165) is 29.3 Å². The van der Waals surface area contributed by atoms with Crippen molar-refractivity contribution in [2.75, 3.05) is 13.1 Å². The summed E-state index contributed by atoms with van der Waals surface area (Å²) in [4.78, 5) is 27.2. The van der Waals surface area contributed by atoms with E-state index in [1.54, 1.807) is 6.20 Å². The summed E-state index contributed by atoms with van der Waals surface area (Å²) in [6.45, 7) is 3.19. The van der Waals surface area contributed by atoms with Gasteiger partial charge in [0.05, 0.1) is 17.3 Å². The summed E-state index contributed by atoms with van der Waals surface area (Å²) in [5.74, 6) is -0.0337. The van der Waals surface area contributed by atoms with Gasteiger partial charge < -0.3 is 10.2 Å². The molecule has 0 aliphatic carbocycles. The molecule has 0 atom stereocenters. The lowest BCUT2D eigenvalue weighted by Gasteiger charge is -2.32. The Morgan fingerprint density at radius 3 is 2.59 bits per heavy atom. The van der Waals surface area contributed by atoms with Gasteiger partial charge in [0, 0.05) is 30.1 Å².